The number of carbonyl (C=O) groups excluding carboxylic acids is 1. The lowest BCUT2D eigenvalue weighted by Crippen LogP contribution is -2.42. The van der Waals surface area contributed by atoms with Crippen LogP contribution in [0.1, 0.15) is 31.2 Å². The Bertz CT molecular complexity index is 455. The molecule has 90 valence electrons. The summed E-state index contributed by atoms with van der Waals surface area (Å²) in [4.78, 5) is 13.8. The van der Waals surface area contributed by atoms with Crippen molar-refractivity contribution in [2.45, 2.75) is 38.3 Å². The molecule has 1 saturated carbocycles. The largest absolute Gasteiger partial charge is 0.415 e. The highest BCUT2D eigenvalue weighted by atomic mass is 79.9. The molecule has 0 aromatic heterocycles. The average Bonchev–Trinajstić information content (AvgIpc) is 2.81. The van der Waals surface area contributed by atoms with Gasteiger partial charge in [-0.05, 0) is 25.0 Å². The molecule has 0 spiro atoms. The van der Waals surface area contributed by atoms with Gasteiger partial charge < -0.3 is 9.64 Å². The predicted molar refractivity (Wildman–Crippen MR) is 68.0 cm³/mol. The van der Waals surface area contributed by atoms with Gasteiger partial charge in [-0.3, -0.25) is 0 Å². The van der Waals surface area contributed by atoms with Gasteiger partial charge in [-0.25, -0.2) is 4.79 Å². The van der Waals surface area contributed by atoms with E-state index in [4.69, 9.17) is 4.74 Å². The van der Waals surface area contributed by atoms with Crippen LogP contribution in [0.2, 0.25) is 0 Å². The molecule has 1 fully saturated rings. The first-order chi connectivity index (χ1) is 8.24. The summed E-state index contributed by atoms with van der Waals surface area (Å²) in [5, 5.41) is 0. The lowest BCUT2D eigenvalue weighted by Gasteiger charge is -2.32. The molecule has 1 amide bonds. The average molecular weight is 296 g/mol. The minimum atomic E-state index is -0.192. The predicted octanol–water partition coefficient (Wildman–Crippen LogP) is 3.71. The number of ether oxygens (including phenoxy) is 1. The molecule has 3 rings (SSSR count). The molecule has 0 N–H and O–H groups in total. The highest BCUT2D eigenvalue weighted by Crippen LogP contribution is 2.33. The van der Waals surface area contributed by atoms with E-state index in [0.717, 1.165) is 22.9 Å². The maximum atomic E-state index is 11.9. The van der Waals surface area contributed by atoms with Crippen LogP contribution in [0.15, 0.2) is 22.7 Å². The minimum absolute atomic E-state index is 0.192. The van der Waals surface area contributed by atoms with Crippen LogP contribution in [0.25, 0.3) is 0 Å². The molecule has 3 nitrogen and oxygen atoms in total. The van der Waals surface area contributed by atoms with Gasteiger partial charge in [-0.1, -0.05) is 34.8 Å². The van der Waals surface area contributed by atoms with Crippen molar-refractivity contribution < 1.29 is 9.53 Å². The summed E-state index contributed by atoms with van der Waals surface area (Å²) in [6.45, 7) is 0.687. The molecule has 0 radical (unpaired) electrons. The maximum Gasteiger partial charge on any atom is 0.415 e. The standard InChI is InChI=1S/C13H14BrNO2/c14-10-6-5-9-8-15(11-3-1-2-4-11)13(16)17-12(9)7-10/h5-7,11H,1-4,8H2. The highest BCUT2D eigenvalue weighted by molar-refractivity contribution is 9.10. The SMILES string of the molecule is O=C1Oc2cc(Br)ccc2CN1C1CCCC1. The Morgan fingerprint density at radius 2 is 2.06 bits per heavy atom. The number of fused-ring (bicyclic) bond motifs is 1. The van der Waals surface area contributed by atoms with E-state index >= 15 is 0 Å². The third-order valence-electron chi connectivity index (χ3n) is 3.57. The van der Waals surface area contributed by atoms with Crippen molar-refractivity contribution in [3.63, 3.8) is 0 Å². The van der Waals surface area contributed by atoms with Crippen molar-refractivity contribution in [1.82, 2.24) is 4.90 Å². The zero-order chi connectivity index (χ0) is 11.8. The van der Waals surface area contributed by atoms with E-state index in [1.807, 2.05) is 23.1 Å². The molecular weight excluding hydrogens is 282 g/mol. The fourth-order valence-corrected chi connectivity index (χ4v) is 2.99. The fourth-order valence-electron chi connectivity index (χ4n) is 2.65. The third kappa shape index (κ3) is 2.06. The van der Waals surface area contributed by atoms with Crippen molar-refractivity contribution in [2.75, 3.05) is 0 Å². The van der Waals surface area contributed by atoms with E-state index in [-0.39, 0.29) is 6.09 Å². The van der Waals surface area contributed by atoms with E-state index in [1.165, 1.54) is 12.8 Å². The first-order valence-corrected chi connectivity index (χ1v) is 6.80. The Balaban J connectivity index is 1.87. The Morgan fingerprint density at radius 3 is 2.82 bits per heavy atom. The van der Waals surface area contributed by atoms with E-state index in [2.05, 4.69) is 15.9 Å². The lowest BCUT2D eigenvalue weighted by atomic mass is 10.1. The summed E-state index contributed by atoms with van der Waals surface area (Å²) in [6.07, 6.45) is 4.48. The Morgan fingerprint density at radius 1 is 1.29 bits per heavy atom. The summed E-state index contributed by atoms with van der Waals surface area (Å²) in [6, 6.07) is 6.25. The number of benzene rings is 1. The van der Waals surface area contributed by atoms with Gasteiger partial charge in [0.25, 0.3) is 0 Å². The van der Waals surface area contributed by atoms with Gasteiger partial charge in [0.15, 0.2) is 0 Å². The Hall–Kier alpha value is -1.03. The topological polar surface area (TPSA) is 29.5 Å². The van der Waals surface area contributed by atoms with Crippen LogP contribution in [0.3, 0.4) is 0 Å². The second kappa shape index (κ2) is 4.33. The molecule has 2 aliphatic rings. The molecule has 0 atom stereocenters. The van der Waals surface area contributed by atoms with Gasteiger partial charge in [0.1, 0.15) is 5.75 Å². The first kappa shape index (κ1) is 11.1. The fraction of sp³-hybridized carbons (Fsp3) is 0.462. The van der Waals surface area contributed by atoms with Crippen molar-refractivity contribution in [2.24, 2.45) is 0 Å². The van der Waals surface area contributed by atoms with E-state index in [0.29, 0.717) is 18.3 Å². The van der Waals surface area contributed by atoms with Crippen molar-refractivity contribution in [3.05, 3.63) is 28.2 Å². The Labute approximate surface area is 109 Å². The number of carbonyl (C=O) groups is 1. The molecule has 0 bridgehead atoms. The van der Waals surface area contributed by atoms with Crippen LogP contribution in [-0.2, 0) is 6.54 Å². The number of amides is 1. The molecule has 1 aliphatic carbocycles. The summed E-state index contributed by atoms with van der Waals surface area (Å²) in [5.41, 5.74) is 1.10. The number of rotatable bonds is 1. The van der Waals surface area contributed by atoms with Crippen LogP contribution in [0.5, 0.6) is 5.75 Å². The third-order valence-corrected chi connectivity index (χ3v) is 4.06. The molecule has 1 aromatic rings. The van der Waals surface area contributed by atoms with Crippen LogP contribution in [0.4, 0.5) is 4.79 Å². The molecule has 1 aromatic carbocycles. The molecule has 4 heteroatoms. The summed E-state index contributed by atoms with van der Waals surface area (Å²) in [5.74, 6) is 0.693. The van der Waals surface area contributed by atoms with Gasteiger partial charge in [-0.15, -0.1) is 0 Å². The quantitative estimate of drug-likeness (QED) is 0.790. The van der Waals surface area contributed by atoms with Crippen LogP contribution in [0, 0.1) is 0 Å². The first-order valence-electron chi connectivity index (χ1n) is 6.01. The van der Waals surface area contributed by atoms with E-state index in [1.54, 1.807) is 0 Å². The minimum Gasteiger partial charge on any atom is -0.410 e. The van der Waals surface area contributed by atoms with Gasteiger partial charge in [0.05, 0.1) is 6.54 Å². The zero-order valence-electron chi connectivity index (χ0n) is 9.49. The number of hydrogen-bond donors (Lipinski definition) is 0. The number of nitrogens with zero attached hydrogens (tertiary/aromatic N) is 1. The normalized spacial score (nSPS) is 20.3. The zero-order valence-corrected chi connectivity index (χ0v) is 11.1. The second-order valence-corrected chi connectivity index (χ2v) is 5.60. The molecule has 1 heterocycles. The number of halogens is 1. The highest BCUT2D eigenvalue weighted by Gasteiger charge is 2.32. The maximum absolute atomic E-state index is 11.9. The monoisotopic (exact) mass is 295 g/mol. The van der Waals surface area contributed by atoms with Gasteiger partial charge in [0.2, 0.25) is 0 Å². The Kier molecular flexibility index (Phi) is 2.82. The number of hydrogen-bond acceptors (Lipinski definition) is 2. The van der Waals surface area contributed by atoms with Crippen LogP contribution < -0.4 is 4.74 Å². The molecule has 17 heavy (non-hydrogen) atoms. The van der Waals surface area contributed by atoms with E-state index < -0.39 is 0 Å². The summed E-state index contributed by atoms with van der Waals surface area (Å²) >= 11 is 3.39. The molecule has 0 unspecified atom stereocenters. The van der Waals surface area contributed by atoms with E-state index in [9.17, 15) is 4.79 Å². The van der Waals surface area contributed by atoms with Crippen molar-refractivity contribution in [1.29, 1.82) is 0 Å². The van der Waals surface area contributed by atoms with Crippen molar-refractivity contribution in [3.8, 4) is 5.75 Å². The van der Waals surface area contributed by atoms with Gasteiger partial charge in [0, 0.05) is 16.1 Å². The lowest BCUT2D eigenvalue weighted by molar-refractivity contribution is 0.116. The second-order valence-electron chi connectivity index (χ2n) is 4.69. The van der Waals surface area contributed by atoms with Crippen LogP contribution in [-0.4, -0.2) is 17.0 Å². The molecular formula is C13H14BrNO2. The van der Waals surface area contributed by atoms with Crippen molar-refractivity contribution >= 4 is 22.0 Å². The smallest absolute Gasteiger partial charge is 0.410 e. The summed E-state index contributed by atoms with van der Waals surface area (Å²) in [7, 11) is 0. The van der Waals surface area contributed by atoms with Gasteiger partial charge >= 0.3 is 6.09 Å². The van der Waals surface area contributed by atoms with Crippen LogP contribution >= 0.6 is 15.9 Å². The molecule has 1 aliphatic heterocycles. The van der Waals surface area contributed by atoms with Gasteiger partial charge in [-0.2, -0.15) is 0 Å². The molecule has 0 saturated heterocycles. The summed E-state index contributed by atoms with van der Waals surface area (Å²) < 4.78 is 6.34.